The van der Waals surface area contributed by atoms with E-state index in [1.165, 1.54) is 44.9 Å². The minimum Gasteiger partial charge on any atom is -0.480 e. The SMILES string of the molecule is CCCCCCCCCCC(I)(CC1CCOCC1)C(=O)O. The zero-order valence-electron chi connectivity index (χ0n) is 14.1. The highest BCUT2D eigenvalue weighted by molar-refractivity contribution is 14.1. The molecule has 1 unspecified atom stereocenters. The standard InChI is InChI=1S/C18H33IO3/c1-2-3-4-5-6-7-8-9-12-18(19,17(20)21)15-16-10-13-22-14-11-16/h16H,2-15H2,1H3,(H,20,21). The van der Waals surface area contributed by atoms with E-state index >= 15 is 0 Å². The first-order valence-electron chi connectivity index (χ1n) is 9.08. The highest BCUT2D eigenvalue weighted by Gasteiger charge is 2.37. The van der Waals surface area contributed by atoms with Gasteiger partial charge in [0.25, 0.3) is 0 Å². The third-order valence-corrected chi connectivity index (χ3v) is 6.20. The van der Waals surface area contributed by atoms with E-state index in [9.17, 15) is 9.90 Å². The maximum Gasteiger partial charge on any atom is 0.319 e. The summed E-state index contributed by atoms with van der Waals surface area (Å²) in [6, 6.07) is 0. The molecule has 0 bridgehead atoms. The van der Waals surface area contributed by atoms with Gasteiger partial charge in [-0.1, -0.05) is 80.9 Å². The van der Waals surface area contributed by atoms with Crippen molar-refractivity contribution in [1.29, 1.82) is 0 Å². The van der Waals surface area contributed by atoms with E-state index in [4.69, 9.17) is 4.74 Å². The minimum atomic E-state index is -0.623. The van der Waals surface area contributed by atoms with Crippen molar-refractivity contribution < 1.29 is 14.6 Å². The highest BCUT2D eigenvalue weighted by atomic mass is 127. The van der Waals surface area contributed by atoms with Gasteiger partial charge in [0.15, 0.2) is 0 Å². The number of aliphatic carboxylic acids is 1. The van der Waals surface area contributed by atoms with Gasteiger partial charge < -0.3 is 9.84 Å². The van der Waals surface area contributed by atoms with Gasteiger partial charge in [0.05, 0.1) is 0 Å². The summed E-state index contributed by atoms with van der Waals surface area (Å²) >= 11 is 2.21. The molecule has 1 rings (SSSR count). The Morgan fingerprint density at radius 3 is 2.18 bits per heavy atom. The number of alkyl halides is 1. The monoisotopic (exact) mass is 424 g/mol. The number of hydrogen-bond acceptors (Lipinski definition) is 2. The van der Waals surface area contributed by atoms with E-state index in [2.05, 4.69) is 29.5 Å². The van der Waals surface area contributed by atoms with Gasteiger partial charge in [-0.25, -0.2) is 0 Å². The van der Waals surface area contributed by atoms with Gasteiger partial charge in [-0.15, -0.1) is 0 Å². The summed E-state index contributed by atoms with van der Waals surface area (Å²) in [5.41, 5.74) is 0. The van der Waals surface area contributed by atoms with Crippen LogP contribution in [0.1, 0.15) is 84.0 Å². The number of halogens is 1. The Hall–Kier alpha value is 0.160. The lowest BCUT2D eigenvalue weighted by Crippen LogP contribution is -2.35. The zero-order chi connectivity index (χ0) is 16.3. The average molecular weight is 424 g/mol. The van der Waals surface area contributed by atoms with Crippen LogP contribution in [0.25, 0.3) is 0 Å². The fourth-order valence-corrected chi connectivity index (χ4v) is 4.25. The van der Waals surface area contributed by atoms with Crippen LogP contribution in [0.4, 0.5) is 0 Å². The van der Waals surface area contributed by atoms with Crippen LogP contribution < -0.4 is 0 Å². The van der Waals surface area contributed by atoms with E-state index in [1.807, 2.05) is 0 Å². The maximum atomic E-state index is 11.7. The lowest BCUT2D eigenvalue weighted by atomic mass is 9.86. The first kappa shape index (κ1) is 20.2. The highest BCUT2D eigenvalue weighted by Crippen LogP contribution is 2.36. The number of rotatable bonds is 12. The molecule has 4 heteroatoms. The number of hydrogen-bond donors (Lipinski definition) is 1. The molecule has 0 amide bonds. The molecular weight excluding hydrogens is 391 g/mol. The molecule has 0 spiro atoms. The molecule has 0 aromatic heterocycles. The number of ether oxygens (including phenoxy) is 1. The topological polar surface area (TPSA) is 46.5 Å². The van der Waals surface area contributed by atoms with Gasteiger partial charge >= 0.3 is 5.97 Å². The summed E-state index contributed by atoms with van der Waals surface area (Å²) < 4.78 is 4.81. The quantitative estimate of drug-likeness (QED) is 0.252. The molecular formula is C18H33IO3. The van der Waals surface area contributed by atoms with E-state index in [-0.39, 0.29) is 0 Å². The fourth-order valence-electron chi connectivity index (χ4n) is 3.24. The van der Waals surface area contributed by atoms with Crippen LogP contribution in [0.3, 0.4) is 0 Å². The third kappa shape index (κ3) is 8.14. The minimum absolute atomic E-state index is 0.524. The molecule has 130 valence electrons. The van der Waals surface area contributed by atoms with Crippen LogP contribution in [-0.4, -0.2) is 27.7 Å². The third-order valence-electron chi connectivity index (χ3n) is 4.76. The van der Waals surface area contributed by atoms with E-state index in [0.29, 0.717) is 5.92 Å². The summed E-state index contributed by atoms with van der Waals surface area (Å²) in [5, 5.41) is 9.62. The van der Waals surface area contributed by atoms with E-state index in [1.54, 1.807) is 0 Å². The van der Waals surface area contributed by atoms with Crippen LogP contribution >= 0.6 is 22.6 Å². The zero-order valence-corrected chi connectivity index (χ0v) is 16.3. The molecule has 1 N–H and O–H groups in total. The van der Waals surface area contributed by atoms with Crippen LogP contribution in [0, 0.1) is 5.92 Å². The first-order valence-corrected chi connectivity index (χ1v) is 10.2. The Labute approximate surface area is 149 Å². The van der Waals surface area contributed by atoms with Gasteiger partial charge in [0.1, 0.15) is 3.42 Å². The fraction of sp³-hybridized carbons (Fsp3) is 0.944. The Balaban J connectivity index is 2.20. The first-order chi connectivity index (χ1) is 10.6. The molecule has 1 fully saturated rings. The molecule has 0 saturated carbocycles. The van der Waals surface area contributed by atoms with Crippen molar-refractivity contribution in [1.82, 2.24) is 0 Å². The Bertz CT molecular complexity index is 303. The van der Waals surface area contributed by atoms with Crippen LogP contribution in [0.2, 0.25) is 0 Å². The van der Waals surface area contributed by atoms with Crippen molar-refractivity contribution >= 4 is 28.6 Å². The van der Waals surface area contributed by atoms with Crippen molar-refractivity contribution in [3.05, 3.63) is 0 Å². The predicted molar refractivity (Wildman–Crippen MR) is 99.8 cm³/mol. The van der Waals surface area contributed by atoms with Crippen molar-refractivity contribution in [3.63, 3.8) is 0 Å². The second-order valence-corrected chi connectivity index (χ2v) is 8.82. The molecule has 0 aromatic carbocycles. The largest absolute Gasteiger partial charge is 0.480 e. The second kappa shape index (κ2) is 11.7. The Morgan fingerprint density at radius 2 is 1.64 bits per heavy atom. The molecule has 0 aliphatic carbocycles. The number of carboxylic acid groups (broad SMARTS) is 1. The lowest BCUT2D eigenvalue weighted by Gasteiger charge is -2.30. The van der Waals surface area contributed by atoms with E-state index < -0.39 is 9.39 Å². The molecule has 1 saturated heterocycles. The van der Waals surface area contributed by atoms with Crippen LogP contribution in [-0.2, 0) is 9.53 Å². The van der Waals surface area contributed by atoms with Gasteiger partial charge in [0, 0.05) is 13.2 Å². The Morgan fingerprint density at radius 1 is 1.09 bits per heavy atom. The summed E-state index contributed by atoms with van der Waals surface area (Å²) in [6.07, 6.45) is 13.8. The summed E-state index contributed by atoms with van der Waals surface area (Å²) in [7, 11) is 0. The van der Waals surface area contributed by atoms with E-state index in [0.717, 1.165) is 45.3 Å². The predicted octanol–water partition coefficient (Wildman–Crippen LogP) is 5.59. The van der Waals surface area contributed by atoms with Gasteiger partial charge in [0.2, 0.25) is 0 Å². The summed E-state index contributed by atoms with van der Waals surface area (Å²) in [4.78, 5) is 11.7. The van der Waals surface area contributed by atoms with Crippen molar-refractivity contribution in [2.75, 3.05) is 13.2 Å². The number of unbranched alkanes of at least 4 members (excludes halogenated alkanes) is 7. The molecule has 22 heavy (non-hydrogen) atoms. The van der Waals surface area contributed by atoms with Crippen LogP contribution in [0.5, 0.6) is 0 Å². The average Bonchev–Trinajstić information content (AvgIpc) is 2.51. The summed E-state index contributed by atoms with van der Waals surface area (Å²) in [5.74, 6) is -0.0988. The molecule has 1 atom stereocenters. The molecule has 0 radical (unpaired) electrons. The molecule has 1 heterocycles. The molecule has 3 nitrogen and oxygen atoms in total. The molecule has 1 aliphatic heterocycles. The van der Waals surface area contributed by atoms with Crippen molar-refractivity contribution in [2.45, 2.75) is 87.4 Å². The van der Waals surface area contributed by atoms with Crippen LogP contribution in [0.15, 0.2) is 0 Å². The van der Waals surface area contributed by atoms with Gasteiger partial charge in [-0.3, -0.25) is 4.79 Å². The number of carboxylic acids is 1. The number of carbonyl (C=O) groups is 1. The molecule has 1 aliphatic rings. The lowest BCUT2D eigenvalue weighted by molar-refractivity contribution is -0.140. The van der Waals surface area contributed by atoms with Gasteiger partial charge in [-0.2, -0.15) is 0 Å². The maximum absolute atomic E-state index is 11.7. The normalized spacial score (nSPS) is 19.0. The second-order valence-electron chi connectivity index (χ2n) is 6.76. The molecule has 0 aromatic rings. The van der Waals surface area contributed by atoms with Crippen molar-refractivity contribution in [2.24, 2.45) is 5.92 Å². The smallest absolute Gasteiger partial charge is 0.319 e. The Kier molecular flexibility index (Phi) is 10.7. The summed E-state index contributed by atoms with van der Waals surface area (Å²) in [6.45, 7) is 3.84. The van der Waals surface area contributed by atoms with Crippen molar-refractivity contribution in [3.8, 4) is 0 Å². The van der Waals surface area contributed by atoms with Gasteiger partial charge in [-0.05, 0) is 31.6 Å².